The van der Waals surface area contributed by atoms with Crippen LogP contribution in [0.4, 0.5) is 13.2 Å². The Hall–Kier alpha value is -1.88. The molecule has 0 aliphatic carbocycles. The first-order valence-corrected chi connectivity index (χ1v) is 5.85. The van der Waals surface area contributed by atoms with Crippen LogP contribution >= 0.6 is 0 Å². The lowest BCUT2D eigenvalue weighted by Crippen LogP contribution is -2.19. The topological polar surface area (TPSA) is 24.9 Å². The molecule has 1 aromatic heterocycles. The van der Waals surface area contributed by atoms with Gasteiger partial charge in [-0.3, -0.25) is 4.98 Å². The largest absolute Gasteiger partial charge is 0.305 e. The van der Waals surface area contributed by atoms with E-state index in [1.54, 1.807) is 12.3 Å². The molecule has 0 aliphatic rings. The van der Waals surface area contributed by atoms with E-state index in [0.717, 1.165) is 11.8 Å². The Morgan fingerprint density at radius 2 is 1.84 bits per heavy atom. The smallest absolute Gasteiger partial charge is 0.161 e. The zero-order valence-electron chi connectivity index (χ0n) is 10.3. The lowest BCUT2D eigenvalue weighted by molar-refractivity contribution is 0.481. The minimum Gasteiger partial charge on any atom is -0.305 e. The molecular formula is C14H13F3N2. The van der Waals surface area contributed by atoms with Crippen molar-refractivity contribution in [2.24, 2.45) is 0 Å². The minimum atomic E-state index is -1.18. The van der Waals surface area contributed by atoms with Gasteiger partial charge in [-0.15, -0.1) is 0 Å². The van der Waals surface area contributed by atoms with Gasteiger partial charge in [0.15, 0.2) is 11.6 Å². The maximum atomic E-state index is 13.4. The second kappa shape index (κ2) is 5.84. The highest BCUT2D eigenvalue weighted by molar-refractivity contribution is 5.20. The van der Waals surface area contributed by atoms with Gasteiger partial charge in [0, 0.05) is 30.4 Å². The maximum absolute atomic E-state index is 13.4. The summed E-state index contributed by atoms with van der Waals surface area (Å²) in [7, 11) is 0. The van der Waals surface area contributed by atoms with Gasteiger partial charge in [-0.25, -0.2) is 13.2 Å². The lowest BCUT2D eigenvalue weighted by atomic mass is 10.1. The number of pyridine rings is 1. The molecule has 0 saturated heterocycles. The summed E-state index contributed by atoms with van der Waals surface area (Å²) in [5.74, 6) is -3.00. The SMILES string of the molecule is C[C@@H](NCc1cc(F)c(F)cc1F)c1ccccn1. The molecule has 0 radical (unpaired) electrons. The standard InChI is InChI=1S/C14H13F3N2/c1-9(14-4-2-3-5-18-14)19-8-10-6-12(16)13(17)7-11(10)15/h2-7,9,19H,8H2,1H3/t9-/m1/s1. The Morgan fingerprint density at radius 1 is 1.11 bits per heavy atom. The molecule has 1 N–H and O–H groups in total. The summed E-state index contributed by atoms with van der Waals surface area (Å²) in [5.41, 5.74) is 0.882. The Labute approximate surface area is 109 Å². The third-order valence-corrected chi connectivity index (χ3v) is 2.82. The first-order chi connectivity index (χ1) is 9.08. The van der Waals surface area contributed by atoms with E-state index < -0.39 is 17.5 Å². The van der Waals surface area contributed by atoms with Gasteiger partial charge in [-0.2, -0.15) is 0 Å². The van der Waals surface area contributed by atoms with E-state index in [0.29, 0.717) is 6.07 Å². The molecule has 2 aromatic rings. The predicted octanol–water partition coefficient (Wildman–Crippen LogP) is 3.35. The van der Waals surface area contributed by atoms with Crippen LogP contribution in [0.1, 0.15) is 24.2 Å². The predicted molar refractivity (Wildman–Crippen MR) is 65.8 cm³/mol. The zero-order chi connectivity index (χ0) is 13.8. The van der Waals surface area contributed by atoms with Gasteiger partial charge in [0.1, 0.15) is 5.82 Å². The van der Waals surface area contributed by atoms with Crippen LogP contribution in [0, 0.1) is 17.5 Å². The number of nitrogens with one attached hydrogen (secondary N) is 1. The van der Waals surface area contributed by atoms with Gasteiger partial charge in [-0.1, -0.05) is 6.07 Å². The van der Waals surface area contributed by atoms with Crippen LogP contribution in [0.2, 0.25) is 0 Å². The molecule has 2 nitrogen and oxygen atoms in total. The highest BCUT2D eigenvalue weighted by Gasteiger charge is 2.11. The van der Waals surface area contributed by atoms with E-state index in [9.17, 15) is 13.2 Å². The van der Waals surface area contributed by atoms with E-state index in [1.807, 2.05) is 19.1 Å². The van der Waals surface area contributed by atoms with Crippen molar-refractivity contribution in [2.45, 2.75) is 19.5 Å². The van der Waals surface area contributed by atoms with E-state index in [1.165, 1.54) is 0 Å². The van der Waals surface area contributed by atoms with E-state index in [2.05, 4.69) is 10.3 Å². The van der Waals surface area contributed by atoms with Crippen molar-refractivity contribution in [3.63, 3.8) is 0 Å². The lowest BCUT2D eigenvalue weighted by Gasteiger charge is -2.13. The summed E-state index contributed by atoms with van der Waals surface area (Å²) in [6.07, 6.45) is 1.66. The van der Waals surface area contributed by atoms with Crippen LogP contribution in [0.3, 0.4) is 0 Å². The summed E-state index contributed by atoms with van der Waals surface area (Å²) < 4.78 is 39.2. The first-order valence-electron chi connectivity index (χ1n) is 5.85. The van der Waals surface area contributed by atoms with Crippen molar-refractivity contribution in [3.05, 3.63) is 65.2 Å². The average Bonchev–Trinajstić information content (AvgIpc) is 2.42. The summed E-state index contributed by atoms with van der Waals surface area (Å²) in [6, 6.07) is 6.78. The van der Waals surface area contributed by atoms with E-state index in [-0.39, 0.29) is 18.2 Å². The van der Waals surface area contributed by atoms with Crippen molar-refractivity contribution in [1.29, 1.82) is 0 Å². The van der Waals surface area contributed by atoms with Crippen molar-refractivity contribution >= 4 is 0 Å². The molecule has 0 aliphatic heterocycles. The second-order valence-corrected chi connectivity index (χ2v) is 4.21. The molecule has 0 bridgehead atoms. The Kier molecular flexibility index (Phi) is 4.16. The van der Waals surface area contributed by atoms with Crippen LogP contribution in [0.15, 0.2) is 36.5 Å². The maximum Gasteiger partial charge on any atom is 0.161 e. The number of hydrogen-bond donors (Lipinski definition) is 1. The molecule has 5 heteroatoms. The van der Waals surface area contributed by atoms with Gasteiger partial charge in [-0.05, 0) is 25.1 Å². The molecule has 2 rings (SSSR count). The summed E-state index contributed by atoms with van der Waals surface area (Å²) in [5, 5.41) is 3.01. The fourth-order valence-electron chi connectivity index (χ4n) is 1.70. The van der Waals surface area contributed by atoms with Gasteiger partial charge in [0.2, 0.25) is 0 Å². The second-order valence-electron chi connectivity index (χ2n) is 4.21. The molecule has 19 heavy (non-hydrogen) atoms. The van der Waals surface area contributed by atoms with Crippen LogP contribution in [0.5, 0.6) is 0 Å². The van der Waals surface area contributed by atoms with E-state index >= 15 is 0 Å². The number of rotatable bonds is 4. The quantitative estimate of drug-likeness (QED) is 0.858. The average molecular weight is 266 g/mol. The van der Waals surface area contributed by atoms with Crippen LogP contribution in [-0.4, -0.2) is 4.98 Å². The van der Waals surface area contributed by atoms with Crippen molar-refractivity contribution in [1.82, 2.24) is 10.3 Å². The third-order valence-electron chi connectivity index (χ3n) is 2.82. The number of halogens is 3. The van der Waals surface area contributed by atoms with Crippen LogP contribution < -0.4 is 5.32 Å². The number of hydrogen-bond acceptors (Lipinski definition) is 2. The summed E-state index contributed by atoms with van der Waals surface area (Å²) in [4.78, 5) is 4.15. The monoisotopic (exact) mass is 266 g/mol. The Morgan fingerprint density at radius 3 is 2.53 bits per heavy atom. The van der Waals surface area contributed by atoms with Crippen LogP contribution in [0.25, 0.3) is 0 Å². The van der Waals surface area contributed by atoms with Crippen molar-refractivity contribution in [3.8, 4) is 0 Å². The fourth-order valence-corrected chi connectivity index (χ4v) is 1.70. The third kappa shape index (κ3) is 3.32. The Balaban J connectivity index is 2.05. The summed E-state index contributed by atoms with van der Waals surface area (Å²) in [6.45, 7) is 1.96. The molecule has 1 heterocycles. The molecular weight excluding hydrogens is 253 g/mol. The minimum absolute atomic E-state index is 0.0849. The normalized spacial score (nSPS) is 12.4. The van der Waals surface area contributed by atoms with Crippen molar-refractivity contribution in [2.75, 3.05) is 0 Å². The molecule has 100 valence electrons. The number of aromatic nitrogens is 1. The molecule has 1 atom stereocenters. The molecule has 0 unspecified atom stereocenters. The molecule has 1 aromatic carbocycles. The molecule has 0 saturated carbocycles. The van der Waals surface area contributed by atoms with E-state index in [4.69, 9.17) is 0 Å². The first kappa shape index (κ1) is 13.5. The zero-order valence-corrected chi connectivity index (χ0v) is 10.3. The summed E-state index contributed by atoms with van der Waals surface area (Å²) >= 11 is 0. The van der Waals surface area contributed by atoms with Gasteiger partial charge in [0.05, 0.1) is 5.69 Å². The van der Waals surface area contributed by atoms with Crippen molar-refractivity contribution < 1.29 is 13.2 Å². The van der Waals surface area contributed by atoms with Crippen LogP contribution in [-0.2, 0) is 6.54 Å². The van der Waals surface area contributed by atoms with Gasteiger partial charge in [0.25, 0.3) is 0 Å². The highest BCUT2D eigenvalue weighted by Crippen LogP contribution is 2.15. The molecule has 0 spiro atoms. The molecule has 0 fully saturated rings. The highest BCUT2D eigenvalue weighted by atomic mass is 19.2. The van der Waals surface area contributed by atoms with Gasteiger partial charge < -0.3 is 5.32 Å². The number of benzene rings is 1. The fraction of sp³-hybridized carbons (Fsp3) is 0.214. The molecule has 0 amide bonds. The number of nitrogens with zero attached hydrogens (tertiary/aromatic N) is 1. The van der Waals surface area contributed by atoms with Gasteiger partial charge >= 0.3 is 0 Å². The Bertz CT molecular complexity index is 558.